The minimum Gasteiger partial charge on any atom is -0.159 e. The molecule has 1 heterocycles. The third-order valence-corrected chi connectivity index (χ3v) is 2.49. The van der Waals surface area contributed by atoms with Crippen LogP contribution in [0.15, 0.2) is 29.6 Å². The molecule has 0 fully saturated rings. The van der Waals surface area contributed by atoms with Crippen LogP contribution in [0.2, 0.25) is 0 Å². The van der Waals surface area contributed by atoms with Gasteiger partial charge in [0, 0.05) is 0 Å². The van der Waals surface area contributed by atoms with Crippen molar-refractivity contribution in [1.29, 1.82) is 0 Å². The number of aromatic nitrogens is 2. The molecule has 0 unspecified atom stereocenters. The molecular weight excluding hydrogens is 172 g/mol. The standard InChI is InChI=1S/C12H14N2/c1-9-3-4-11-7-13-14-8-12(11)6-10(2)5-9/h5-8H,3-4H2,1-2H3/b9-5+,10-6-. The third kappa shape index (κ3) is 1.90. The fourth-order valence-corrected chi connectivity index (χ4v) is 1.77. The molecule has 0 atom stereocenters. The van der Waals surface area contributed by atoms with Gasteiger partial charge in [-0.15, -0.1) is 0 Å². The highest BCUT2D eigenvalue weighted by Crippen LogP contribution is 2.19. The van der Waals surface area contributed by atoms with Gasteiger partial charge in [0.2, 0.25) is 0 Å². The molecular formula is C12H14N2. The van der Waals surface area contributed by atoms with E-state index in [1.807, 2.05) is 12.4 Å². The predicted molar refractivity (Wildman–Crippen MR) is 57.8 cm³/mol. The van der Waals surface area contributed by atoms with Crippen molar-refractivity contribution in [1.82, 2.24) is 10.2 Å². The van der Waals surface area contributed by atoms with Crippen LogP contribution >= 0.6 is 0 Å². The van der Waals surface area contributed by atoms with Crippen LogP contribution in [0.25, 0.3) is 6.08 Å². The maximum Gasteiger partial charge on any atom is 0.0571 e. The monoisotopic (exact) mass is 186 g/mol. The SMILES string of the molecule is CC1=C/c2cnncc2CC\C(C)=C\1. The summed E-state index contributed by atoms with van der Waals surface area (Å²) in [6.45, 7) is 4.30. The number of allylic oxidation sites excluding steroid dienone is 3. The van der Waals surface area contributed by atoms with E-state index in [1.54, 1.807) is 0 Å². The minimum atomic E-state index is 1.07. The van der Waals surface area contributed by atoms with Gasteiger partial charge in [-0.2, -0.15) is 10.2 Å². The quantitative estimate of drug-likeness (QED) is 0.622. The summed E-state index contributed by atoms with van der Waals surface area (Å²) in [6, 6.07) is 0. The van der Waals surface area contributed by atoms with E-state index in [9.17, 15) is 0 Å². The fraction of sp³-hybridized carbons (Fsp3) is 0.333. The Bertz CT molecular complexity index is 403. The van der Waals surface area contributed by atoms with E-state index >= 15 is 0 Å². The predicted octanol–water partition coefficient (Wildman–Crippen LogP) is 2.77. The van der Waals surface area contributed by atoms with Gasteiger partial charge in [-0.05, 0) is 37.8 Å². The zero-order valence-electron chi connectivity index (χ0n) is 8.62. The van der Waals surface area contributed by atoms with E-state index in [0.29, 0.717) is 0 Å². The molecule has 2 rings (SSSR count). The molecule has 0 radical (unpaired) electrons. The van der Waals surface area contributed by atoms with E-state index in [4.69, 9.17) is 0 Å². The van der Waals surface area contributed by atoms with Crippen molar-refractivity contribution in [3.63, 3.8) is 0 Å². The van der Waals surface area contributed by atoms with Gasteiger partial charge in [0.1, 0.15) is 0 Å². The van der Waals surface area contributed by atoms with Crippen molar-refractivity contribution in [3.8, 4) is 0 Å². The Kier molecular flexibility index (Phi) is 2.44. The van der Waals surface area contributed by atoms with E-state index in [-0.39, 0.29) is 0 Å². The Balaban J connectivity index is 2.48. The highest BCUT2D eigenvalue weighted by atomic mass is 15.1. The second-order valence-electron chi connectivity index (χ2n) is 3.85. The first-order valence-corrected chi connectivity index (χ1v) is 4.91. The molecule has 1 aromatic heterocycles. The number of hydrogen-bond donors (Lipinski definition) is 0. The largest absolute Gasteiger partial charge is 0.159 e. The highest BCUT2D eigenvalue weighted by molar-refractivity contribution is 5.58. The summed E-state index contributed by atoms with van der Waals surface area (Å²) in [5.74, 6) is 0. The lowest BCUT2D eigenvalue weighted by Crippen LogP contribution is -1.97. The molecule has 0 bridgehead atoms. The van der Waals surface area contributed by atoms with Gasteiger partial charge in [-0.25, -0.2) is 0 Å². The highest BCUT2D eigenvalue weighted by Gasteiger charge is 2.04. The molecule has 0 saturated carbocycles. The molecule has 2 heteroatoms. The molecule has 0 aliphatic heterocycles. The van der Waals surface area contributed by atoms with E-state index in [1.165, 1.54) is 22.3 Å². The Labute approximate surface area is 84.4 Å². The van der Waals surface area contributed by atoms with Crippen LogP contribution in [-0.2, 0) is 6.42 Å². The first kappa shape index (κ1) is 9.13. The lowest BCUT2D eigenvalue weighted by Gasteiger charge is -2.09. The average Bonchev–Trinajstić information content (AvgIpc) is 2.14. The Hall–Kier alpha value is -1.44. The summed E-state index contributed by atoms with van der Waals surface area (Å²) >= 11 is 0. The Morgan fingerprint density at radius 3 is 2.64 bits per heavy atom. The summed E-state index contributed by atoms with van der Waals surface area (Å²) < 4.78 is 0. The van der Waals surface area contributed by atoms with Crippen LogP contribution in [0, 0.1) is 0 Å². The number of fused-ring (bicyclic) bond motifs is 1. The maximum absolute atomic E-state index is 3.92. The smallest absolute Gasteiger partial charge is 0.0571 e. The number of hydrogen-bond acceptors (Lipinski definition) is 2. The summed E-state index contributed by atoms with van der Waals surface area (Å²) in [4.78, 5) is 0. The first-order valence-electron chi connectivity index (χ1n) is 4.91. The van der Waals surface area contributed by atoms with Crippen molar-refractivity contribution >= 4 is 6.08 Å². The summed E-state index contributed by atoms with van der Waals surface area (Å²) in [5.41, 5.74) is 5.23. The van der Waals surface area contributed by atoms with Crippen molar-refractivity contribution < 1.29 is 0 Å². The van der Waals surface area contributed by atoms with Crippen molar-refractivity contribution in [2.45, 2.75) is 26.7 Å². The van der Waals surface area contributed by atoms with Gasteiger partial charge in [0.25, 0.3) is 0 Å². The van der Waals surface area contributed by atoms with Gasteiger partial charge in [-0.3, -0.25) is 0 Å². The minimum absolute atomic E-state index is 1.07. The summed E-state index contributed by atoms with van der Waals surface area (Å²) in [5, 5.41) is 7.83. The molecule has 0 amide bonds. The molecule has 0 saturated heterocycles. The third-order valence-electron chi connectivity index (χ3n) is 2.49. The molecule has 2 nitrogen and oxygen atoms in total. The van der Waals surface area contributed by atoms with Crippen molar-refractivity contribution in [2.75, 3.05) is 0 Å². The van der Waals surface area contributed by atoms with E-state index in [0.717, 1.165) is 12.8 Å². The van der Waals surface area contributed by atoms with Crippen molar-refractivity contribution in [2.24, 2.45) is 0 Å². The Morgan fingerprint density at radius 2 is 1.79 bits per heavy atom. The number of rotatable bonds is 0. The average molecular weight is 186 g/mol. The molecule has 1 aliphatic rings. The van der Waals surface area contributed by atoms with Crippen LogP contribution in [0.3, 0.4) is 0 Å². The van der Waals surface area contributed by atoms with Gasteiger partial charge in [-0.1, -0.05) is 23.3 Å². The van der Waals surface area contributed by atoms with Crippen LogP contribution in [0.5, 0.6) is 0 Å². The zero-order valence-corrected chi connectivity index (χ0v) is 8.62. The number of nitrogens with zero attached hydrogens (tertiary/aromatic N) is 2. The van der Waals surface area contributed by atoms with Gasteiger partial charge in [0.15, 0.2) is 0 Å². The number of aryl methyl sites for hydroxylation is 1. The first-order chi connectivity index (χ1) is 6.75. The normalized spacial score (nSPS) is 23.6. The second-order valence-corrected chi connectivity index (χ2v) is 3.85. The molecule has 72 valence electrons. The van der Waals surface area contributed by atoms with Crippen LogP contribution in [-0.4, -0.2) is 10.2 Å². The molecule has 0 N–H and O–H groups in total. The van der Waals surface area contributed by atoms with Crippen LogP contribution < -0.4 is 0 Å². The summed E-state index contributed by atoms with van der Waals surface area (Å²) in [6.07, 6.45) is 10.3. The topological polar surface area (TPSA) is 25.8 Å². The van der Waals surface area contributed by atoms with E-state index < -0.39 is 0 Å². The molecule has 14 heavy (non-hydrogen) atoms. The molecule has 0 spiro atoms. The lowest BCUT2D eigenvalue weighted by molar-refractivity contribution is 0.898. The molecule has 1 aromatic rings. The Morgan fingerprint density at radius 1 is 1.00 bits per heavy atom. The van der Waals surface area contributed by atoms with E-state index in [2.05, 4.69) is 36.2 Å². The molecule has 0 aromatic carbocycles. The van der Waals surface area contributed by atoms with Crippen molar-refractivity contribution in [3.05, 3.63) is 40.7 Å². The van der Waals surface area contributed by atoms with Crippen LogP contribution in [0.1, 0.15) is 31.4 Å². The van der Waals surface area contributed by atoms with Gasteiger partial charge >= 0.3 is 0 Å². The molecule has 1 aliphatic carbocycles. The zero-order chi connectivity index (χ0) is 9.97. The lowest BCUT2D eigenvalue weighted by atomic mass is 9.97. The van der Waals surface area contributed by atoms with Gasteiger partial charge in [0.05, 0.1) is 12.4 Å². The summed E-state index contributed by atoms with van der Waals surface area (Å²) in [7, 11) is 0. The maximum atomic E-state index is 3.92. The van der Waals surface area contributed by atoms with Gasteiger partial charge < -0.3 is 0 Å². The van der Waals surface area contributed by atoms with Crippen LogP contribution in [0.4, 0.5) is 0 Å². The second kappa shape index (κ2) is 3.74. The fourth-order valence-electron chi connectivity index (χ4n) is 1.77.